The number of fused-ring (bicyclic) bond motifs is 1. The van der Waals surface area contributed by atoms with Crippen LogP contribution >= 0.6 is 11.8 Å². The van der Waals surface area contributed by atoms with Crippen molar-refractivity contribution in [2.75, 3.05) is 25.4 Å². The van der Waals surface area contributed by atoms with Gasteiger partial charge in [0.05, 0.1) is 6.04 Å². The average molecular weight is 349 g/mol. The Morgan fingerprint density at radius 2 is 2.04 bits per heavy atom. The number of hydrogen-bond donors (Lipinski definition) is 0. The first-order chi connectivity index (χ1) is 11.7. The summed E-state index contributed by atoms with van der Waals surface area (Å²) in [5, 5.41) is 8.84. The molecular formula is C16H23N5O2S. The molecule has 2 fully saturated rings. The molecule has 0 aliphatic carbocycles. The fourth-order valence-electron chi connectivity index (χ4n) is 3.91. The maximum atomic E-state index is 12.8. The Kier molecular flexibility index (Phi) is 4.47. The van der Waals surface area contributed by atoms with Gasteiger partial charge in [-0.15, -0.1) is 10.2 Å². The van der Waals surface area contributed by atoms with E-state index in [1.807, 2.05) is 4.90 Å². The summed E-state index contributed by atoms with van der Waals surface area (Å²) in [7, 11) is 0. The van der Waals surface area contributed by atoms with Gasteiger partial charge < -0.3 is 14.4 Å². The van der Waals surface area contributed by atoms with Gasteiger partial charge in [0.25, 0.3) is 5.24 Å². The predicted octanol–water partition coefficient (Wildman–Crippen LogP) is 1.84. The van der Waals surface area contributed by atoms with Crippen molar-refractivity contribution in [3.63, 3.8) is 0 Å². The summed E-state index contributed by atoms with van der Waals surface area (Å²) < 4.78 is 2.24. The van der Waals surface area contributed by atoms with Gasteiger partial charge >= 0.3 is 0 Å². The van der Waals surface area contributed by atoms with Gasteiger partial charge in [0, 0.05) is 31.8 Å². The van der Waals surface area contributed by atoms with E-state index in [1.54, 1.807) is 4.90 Å². The zero-order valence-electron chi connectivity index (χ0n) is 13.8. The number of amides is 2. The SMILES string of the molecule is O=C1SCCN1CC(=O)N1CCC[C@@H]1c1nnc2n1CCCCC2. The van der Waals surface area contributed by atoms with Gasteiger partial charge in [-0.05, 0) is 25.7 Å². The first-order valence-corrected chi connectivity index (χ1v) is 9.86. The largest absolute Gasteiger partial charge is 0.331 e. The molecule has 4 heterocycles. The second-order valence-corrected chi connectivity index (χ2v) is 7.76. The van der Waals surface area contributed by atoms with E-state index in [2.05, 4.69) is 14.8 Å². The minimum Gasteiger partial charge on any atom is -0.331 e. The first kappa shape index (κ1) is 15.9. The molecule has 0 aromatic carbocycles. The molecule has 0 unspecified atom stereocenters. The van der Waals surface area contributed by atoms with Crippen molar-refractivity contribution in [2.45, 2.75) is 51.1 Å². The number of carbonyl (C=O) groups excluding carboxylic acids is 2. The minimum atomic E-state index is 0.0159. The maximum Gasteiger partial charge on any atom is 0.282 e. The van der Waals surface area contributed by atoms with Gasteiger partial charge in [0.2, 0.25) is 5.91 Å². The van der Waals surface area contributed by atoms with E-state index in [4.69, 9.17) is 0 Å². The van der Waals surface area contributed by atoms with Gasteiger partial charge in [-0.1, -0.05) is 18.2 Å². The zero-order valence-corrected chi connectivity index (χ0v) is 14.6. The average Bonchev–Trinajstić information content (AvgIpc) is 3.25. The van der Waals surface area contributed by atoms with E-state index in [0.717, 1.165) is 56.2 Å². The van der Waals surface area contributed by atoms with Gasteiger partial charge in [-0.25, -0.2) is 0 Å². The summed E-state index contributed by atoms with van der Waals surface area (Å²) in [5.41, 5.74) is 0. The van der Waals surface area contributed by atoms with Crippen LogP contribution in [-0.2, 0) is 17.8 Å². The van der Waals surface area contributed by atoms with Crippen LogP contribution in [0.15, 0.2) is 0 Å². The van der Waals surface area contributed by atoms with Crippen LogP contribution in [0.2, 0.25) is 0 Å². The molecule has 24 heavy (non-hydrogen) atoms. The smallest absolute Gasteiger partial charge is 0.282 e. The lowest BCUT2D eigenvalue weighted by molar-refractivity contribution is -0.132. The van der Waals surface area contributed by atoms with Crippen molar-refractivity contribution in [2.24, 2.45) is 0 Å². The monoisotopic (exact) mass is 349 g/mol. The van der Waals surface area contributed by atoms with Crippen LogP contribution in [0, 0.1) is 0 Å². The Morgan fingerprint density at radius 1 is 1.12 bits per heavy atom. The summed E-state index contributed by atoms with van der Waals surface area (Å²) in [6.07, 6.45) is 6.45. The molecule has 7 nitrogen and oxygen atoms in total. The number of aromatic nitrogens is 3. The van der Waals surface area contributed by atoms with Crippen molar-refractivity contribution >= 4 is 22.9 Å². The molecule has 0 N–H and O–H groups in total. The van der Waals surface area contributed by atoms with E-state index in [0.29, 0.717) is 6.54 Å². The number of carbonyl (C=O) groups is 2. The molecule has 1 atom stereocenters. The third-order valence-electron chi connectivity index (χ3n) is 5.18. The van der Waals surface area contributed by atoms with E-state index in [9.17, 15) is 9.59 Å². The highest BCUT2D eigenvalue weighted by Crippen LogP contribution is 2.32. The van der Waals surface area contributed by atoms with Gasteiger partial charge in [-0.3, -0.25) is 9.59 Å². The summed E-state index contributed by atoms with van der Waals surface area (Å²) in [6, 6.07) is 0.0159. The van der Waals surface area contributed by atoms with E-state index < -0.39 is 0 Å². The van der Waals surface area contributed by atoms with Crippen LogP contribution in [0.4, 0.5) is 4.79 Å². The summed E-state index contributed by atoms with van der Waals surface area (Å²) in [4.78, 5) is 28.1. The van der Waals surface area contributed by atoms with Crippen molar-refractivity contribution < 1.29 is 9.59 Å². The third-order valence-corrected chi connectivity index (χ3v) is 6.07. The highest BCUT2D eigenvalue weighted by molar-refractivity contribution is 8.13. The third kappa shape index (κ3) is 2.92. The Bertz CT molecular complexity index is 646. The van der Waals surface area contributed by atoms with E-state index >= 15 is 0 Å². The summed E-state index contributed by atoms with van der Waals surface area (Å²) >= 11 is 1.30. The Hall–Kier alpha value is -1.57. The summed E-state index contributed by atoms with van der Waals surface area (Å²) in [5.74, 6) is 2.83. The molecule has 3 aliphatic rings. The van der Waals surface area contributed by atoms with Crippen LogP contribution in [0.1, 0.15) is 49.8 Å². The standard InChI is InChI=1S/C16H23N5O2S/c22-14(11-19-9-10-24-16(19)23)20-8-4-5-12(20)15-18-17-13-6-2-1-3-7-21(13)15/h12H,1-11H2/t12-/m1/s1. The topological polar surface area (TPSA) is 71.3 Å². The molecule has 0 saturated carbocycles. The normalized spacial score (nSPS) is 24.3. The number of likely N-dealkylation sites (tertiary alicyclic amines) is 1. The molecule has 0 radical (unpaired) electrons. The molecule has 1 aromatic heterocycles. The molecule has 1 aromatic rings. The Balaban J connectivity index is 1.51. The number of rotatable bonds is 3. The molecule has 0 spiro atoms. The van der Waals surface area contributed by atoms with Crippen molar-refractivity contribution in [3.8, 4) is 0 Å². The summed E-state index contributed by atoms with van der Waals surface area (Å²) in [6.45, 7) is 2.58. The van der Waals surface area contributed by atoms with Gasteiger partial charge in [0.15, 0.2) is 5.82 Å². The predicted molar refractivity (Wildman–Crippen MR) is 90.7 cm³/mol. The van der Waals surface area contributed by atoms with Crippen LogP contribution in [0.25, 0.3) is 0 Å². The van der Waals surface area contributed by atoms with E-state index in [1.165, 1.54) is 24.6 Å². The Morgan fingerprint density at radius 3 is 2.88 bits per heavy atom. The molecule has 3 aliphatic heterocycles. The lowest BCUT2D eigenvalue weighted by Crippen LogP contribution is -2.40. The highest BCUT2D eigenvalue weighted by atomic mass is 32.2. The second kappa shape index (κ2) is 6.74. The first-order valence-electron chi connectivity index (χ1n) is 8.87. The zero-order chi connectivity index (χ0) is 16.5. The van der Waals surface area contributed by atoms with Gasteiger partial charge in [0.1, 0.15) is 12.4 Å². The maximum absolute atomic E-state index is 12.8. The van der Waals surface area contributed by atoms with Crippen molar-refractivity contribution in [3.05, 3.63) is 11.6 Å². The van der Waals surface area contributed by atoms with E-state index in [-0.39, 0.29) is 23.7 Å². The number of thioether (sulfide) groups is 1. The highest BCUT2D eigenvalue weighted by Gasteiger charge is 2.36. The van der Waals surface area contributed by atoms with Crippen LogP contribution < -0.4 is 0 Å². The molecule has 2 saturated heterocycles. The molecule has 2 amide bonds. The fraction of sp³-hybridized carbons (Fsp3) is 0.750. The minimum absolute atomic E-state index is 0.0159. The van der Waals surface area contributed by atoms with Crippen LogP contribution in [-0.4, -0.2) is 61.1 Å². The van der Waals surface area contributed by atoms with Crippen LogP contribution in [0.5, 0.6) is 0 Å². The molecular weight excluding hydrogens is 326 g/mol. The van der Waals surface area contributed by atoms with Crippen molar-refractivity contribution in [1.29, 1.82) is 0 Å². The Labute approximate surface area is 145 Å². The lowest BCUT2D eigenvalue weighted by atomic mass is 10.2. The molecule has 0 bridgehead atoms. The molecule has 8 heteroatoms. The lowest BCUT2D eigenvalue weighted by Gasteiger charge is -2.26. The quantitative estimate of drug-likeness (QED) is 0.833. The fourth-order valence-corrected chi connectivity index (χ4v) is 4.74. The second-order valence-electron chi connectivity index (χ2n) is 6.72. The van der Waals surface area contributed by atoms with Crippen molar-refractivity contribution in [1.82, 2.24) is 24.6 Å². The molecule has 130 valence electrons. The number of aryl methyl sites for hydroxylation is 1. The number of nitrogens with zero attached hydrogens (tertiary/aromatic N) is 5. The van der Waals surface area contributed by atoms with Gasteiger partial charge in [-0.2, -0.15) is 0 Å². The number of hydrogen-bond acceptors (Lipinski definition) is 5. The van der Waals surface area contributed by atoms with Crippen LogP contribution in [0.3, 0.4) is 0 Å². The molecule has 4 rings (SSSR count).